The summed E-state index contributed by atoms with van der Waals surface area (Å²) < 4.78 is 1.81. The summed E-state index contributed by atoms with van der Waals surface area (Å²) in [5.74, 6) is 0.896. The van der Waals surface area contributed by atoms with Crippen molar-refractivity contribution in [1.29, 1.82) is 0 Å². The van der Waals surface area contributed by atoms with Gasteiger partial charge in [-0.15, -0.1) is 0 Å². The monoisotopic (exact) mass is 345 g/mol. The highest BCUT2D eigenvalue weighted by molar-refractivity contribution is 6.15. The Morgan fingerprint density at radius 2 is 1.96 bits per heavy atom. The molecule has 6 heteroatoms. The Morgan fingerprint density at radius 1 is 1.08 bits per heavy atom. The fourth-order valence-electron chi connectivity index (χ4n) is 3.56. The smallest absolute Gasteiger partial charge is 0.129 e. The van der Waals surface area contributed by atoms with Crippen LogP contribution in [0.5, 0.6) is 0 Å². The van der Waals surface area contributed by atoms with Crippen LogP contribution in [0.2, 0.25) is 0 Å². The van der Waals surface area contributed by atoms with E-state index in [0.717, 1.165) is 28.2 Å². The van der Waals surface area contributed by atoms with Crippen molar-refractivity contribution in [1.82, 2.24) is 14.8 Å². The van der Waals surface area contributed by atoms with Gasteiger partial charge in [0.2, 0.25) is 0 Å². The number of aliphatic imine (C=N–C) groups is 1. The number of anilines is 1. The molecule has 26 heavy (non-hydrogen) atoms. The van der Waals surface area contributed by atoms with Crippen LogP contribution in [0.1, 0.15) is 16.7 Å². The minimum Gasteiger partial charge on any atom is -0.389 e. The summed E-state index contributed by atoms with van der Waals surface area (Å²) in [6.07, 6.45) is 5.48. The second-order valence-electron chi connectivity index (χ2n) is 6.90. The lowest BCUT2D eigenvalue weighted by Gasteiger charge is -2.36. The standard InChI is InChI=1S/C20H19N5O/c1-24-10-16(9-23-24)13-2-3-15-8-22-20(18(15)6-13)14-4-5-21-19(7-14)25-11-17(26)12-25/h2-7,9-10,17,26H,8,11-12H2,1H3. The number of β-amino-alcohol motifs (C(OH)–C–C–N with tert-alkyl or cyclic N) is 1. The second-order valence-corrected chi connectivity index (χ2v) is 6.90. The molecule has 2 aliphatic heterocycles. The minimum absolute atomic E-state index is 0.243. The summed E-state index contributed by atoms with van der Waals surface area (Å²) in [6, 6.07) is 10.6. The summed E-state index contributed by atoms with van der Waals surface area (Å²) in [5.41, 5.74) is 6.74. The van der Waals surface area contributed by atoms with E-state index in [1.807, 2.05) is 36.4 Å². The van der Waals surface area contributed by atoms with Crippen molar-refractivity contribution >= 4 is 11.5 Å². The van der Waals surface area contributed by atoms with Gasteiger partial charge in [0.15, 0.2) is 0 Å². The molecule has 2 aliphatic rings. The van der Waals surface area contributed by atoms with Crippen LogP contribution in [0.4, 0.5) is 5.82 Å². The summed E-state index contributed by atoms with van der Waals surface area (Å²) in [5, 5.41) is 13.8. The van der Waals surface area contributed by atoms with Crippen LogP contribution in [0.3, 0.4) is 0 Å². The molecule has 5 rings (SSSR count). The van der Waals surface area contributed by atoms with Gasteiger partial charge < -0.3 is 10.0 Å². The van der Waals surface area contributed by atoms with Crippen molar-refractivity contribution in [3.05, 3.63) is 65.6 Å². The van der Waals surface area contributed by atoms with Crippen molar-refractivity contribution in [3.63, 3.8) is 0 Å². The molecule has 2 aromatic heterocycles. The number of aliphatic hydroxyl groups excluding tert-OH is 1. The Morgan fingerprint density at radius 3 is 2.73 bits per heavy atom. The number of rotatable bonds is 3. The van der Waals surface area contributed by atoms with E-state index >= 15 is 0 Å². The maximum atomic E-state index is 9.53. The lowest BCUT2D eigenvalue weighted by Crippen LogP contribution is -2.51. The van der Waals surface area contributed by atoms with E-state index in [-0.39, 0.29) is 6.10 Å². The molecule has 4 heterocycles. The van der Waals surface area contributed by atoms with E-state index < -0.39 is 0 Å². The van der Waals surface area contributed by atoms with Gasteiger partial charge in [-0.2, -0.15) is 5.10 Å². The maximum Gasteiger partial charge on any atom is 0.129 e. The average Bonchev–Trinajstić information content (AvgIpc) is 3.24. The van der Waals surface area contributed by atoms with Crippen molar-refractivity contribution in [3.8, 4) is 11.1 Å². The topological polar surface area (TPSA) is 66.5 Å². The first-order chi connectivity index (χ1) is 12.7. The van der Waals surface area contributed by atoms with Gasteiger partial charge >= 0.3 is 0 Å². The van der Waals surface area contributed by atoms with Crippen LogP contribution in [0.25, 0.3) is 11.1 Å². The third-order valence-corrected chi connectivity index (χ3v) is 5.02. The molecule has 0 atom stereocenters. The van der Waals surface area contributed by atoms with Crippen LogP contribution >= 0.6 is 0 Å². The fourth-order valence-corrected chi connectivity index (χ4v) is 3.56. The summed E-state index contributed by atoms with van der Waals surface area (Å²) in [6.45, 7) is 1.99. The van der Waals surface area contributed by atoms with Crippen molar-refractivity contribution in [2.45, 2.75) is 12.6 Å². The van der Waals surface area contributed by atoms with Crippen molar-refractivity contribution in [2.24, 2.45) is 12.0 Å². The summed E-state index contributed by atoms with van der Waals surface area (Å²) in [4.78, 5) is 11.3. The van der Waals surface area contributed by atoms with E-state index in [1.54, 1.807) is 0 Å². The zero-order chi connectivity index (χ0) is 17.7. The molecule has 0 amide bonds. The van der Waals surface area contributed by atoms with Crippen LogP contribution in [-0.2, 0) is 13.6 Å². The Bertz CT molecular complexity index is 1020. The van der Waals surface area contributed by atoms with Crippen molar-refractivity contribution in [2.75, 3.05) is 18.0 Å². The zero-order valence-corrected chi connectivity index (χ0v) is 14.5. The number of aromatic nitrogens is 3. The molecule has 0 spiro atoms. The van der Waals surface area contributed by atoms with Crippen LogP contribution in [0.15, 0.2) is 53.9 Å². The lowest BCUT2D eigenvalue weighted by molar-refractivity contribution is 0.141. The van der Waals surface area contributed by atoms with Gasteiger partial charge in [0.1, 0.15) is 5.82 Å². The van der Waals surface area contributed by atoms with E-state index in [9.17, 15) is 5.11 Å². The minimum atomic E-state index is -0.243. The number of pyridine rings is 1. The van der Waals surface area contributed by atoms with Gasteiger partial charge in [0.25, 0.3) is 0 Å². The normalized spacial score (nSPS) is 16.4. The van der Waals surface area contributed by atoms with Gasteiger partial charge in [0, 0.05) is 49.2 Å². The van der Waals surface area contributed by atoms with Crippen molar-refractivity contribution < 1.29 is 5.11 Å². The van der Waals surface area contributed by atoms with Gasteiger partial charge in [-0.25, -0.2) is 4.98 Å². The highest BCUT2D eigenvalue weighted by Gasteiger charge is 2.26. The number of benzene rings is 1. The molecule has 0 saturated carbocycles. The third kappa shape index (κ3) is 2.50. The molecule has 0 radical (unpaired) electrons. The number of hydrogen-bond donors (Lipinski definition) is 1. The molecule has 1 aromatic carbocycles. The van der Waals surface area contributed by atoms with Crippen LogP contribution in [-0.4, -0.2) is 44.8 Å². The first-order valence-electron chi connectivity index (χ1n) is 8.73. The van der Waals surface area contributed by atoms with E-state index in [2.05, 4.69) is 39.2 Å². The maximum absolute atomic E-state index is 9.53. The molecule has 130 valence electrons. The quantitative estimate of drug-likeness (QED) is 0.789. The first-order valence-corrected chi connectivity index (χ1v) is 8.73. The van der Waals surface area contributed by atoms with Gasteiger partial charge in [-0.05, 0) is 29.3 Å². The number of aliphatic hydroxyl groups is 1. The van der Waals surface area contributed by atoms with Crippen LogP contribution in [0, 0.1) is 0 Å². The molecular formula is C20H19N5O. The van der Waals surface area contributed by atoms with Gasteiger partial charge in [-0.3, -0.25) is 9.67 Å². The lowest BCUT2D eigenvalue weighted by atomic mass is 9.96. The molecule has 6 nitrogen and oxygen atoms in total. The molecular weight excluding hydrogens is 326 g/mol. The highest BCUT2D eigenvalue weighted by atomic mass is 16.3. The fraction of sp³-hybridized carbons (Fsp3) is 0.250. The molecule has 0 unspecified atom stereocenters. The Kier molecular flexibility index (Phi) is 3.39. The summed E-state index contributed by atoms with van der Waals surface area (Å²) >= 11 is 0. The predicted octanol–water partition coefficient (Wildman–Crippen LogP) is 2.01. The van der Waals surface area contributed by atoms with Crippen LogP contribution < -0.4 is 4.90 Å². The number of fused-ring (bicyclic) bond motifs is 1. The Hall–Kier alpha value is -2.99. The first kappa shape index (κ1) is 15.3. The number of aryl methyl sites for hydroxylation is 1. The number of hydrogen-bond acceptors (Lipinski definition) is 5. The average molecular weight is 345 g/mol. The third-order valence-electron chi connectivity index (χ3n) is 5.02. The molecule has 1 saturated heterocycles. The molecule has 3 aromatic rings. The highest BCUT2D eigenvalue weighted by Crippen LogP contribution is 2.29. The Balaban J connectivity index is 1.50. The zero-order valence-electron chi connectivity index (χ0n) is 14.5. The molecule has 0 bridgehead atoms. The number of nitrogens with zero attached hydrogens (tertiary/aromatic N) is 5. The van der Waals surface area contributed by atoms with Gasteiger partial charge in [0.05, 0.1) is 24.6 Å². The molecule has 0 aliphatic carbocycles. The molecule has 1 N–H and O–H groups in total. The SMILES string of the molecule is Cn1cc(-c2ccc3c(c2)C(c2ccnc(N4CC(O)C4)c2)=NC3)cn1. The molecule has 1 fully saturated rings. The van der Waals surface area contributed by atoms with Gasteiger partial charge in [-0.1, -0.05) is 12.1 Å². The van der Waals surface area contributed by atoms with E-state index in [0.29, 0.717) is 19.6 Å². The van der Waals surface area contributed by atoms with E-state index in [1.165, 1.54) is 11.1 Å². The Labute approximate surface area is 151 Å². The second kappa shape index (κ2) is 5.78. The summed E-state index contributed by atoms with van der Waals surface area (Å²) in [7, 11) is 1.93. The van der Waals surface area contributed by atoms with E-state index in [4.69, 9.17) is 4.99 Å². The predicted molar refractivity (Wildman–Crippen MR) is 100 cm³/mol. The largest absolute Gasteiger partial charge is 0.389 e.